The first kappa shape index (κ1) is 115. The number of halogens is 1. The minimum absolute atomic E-state index is 0.163. The van der Waals surface area contributed by atoms with Crippen LogP contribution in [0.1, 0.15) is 377 Å². The Kier molecular flexibility index (Phi) is 68.5. The predicted octanol–water partition coefficient (Wildman–Crippen LogP) is 32.2. The zero-order valence-electron chi connectivity index (χ0n) is 81.4. The Labute approximate surface area is 723 Å². The molecule has 3 fully saturated rings. The standard InChI is InChI=1S/C11H16.C9H11F.C9H14O.C9H18.C8H13N.C8H17N.C7H15NO.C7H10O.C7H10S.2C7H16.C6H9NO.C6H9NS.C2H6O/c1-10(2)8-9-11-6-4-3-5-7-11;1-7(2)8-3-5-9(10)6-4-8;1-6(2)9-5-7(3)10-8(9)4;1-8(2)9-6-4-3-5-7-9;1-7(2)8-5-4-6-9(8)3;1-8(2)9-6-4-3-5-7-9;1-7(2)8-3-5-9-6-4-8;1-6(2)7-4-3-5-8-7;1-6(2)7-3-4-8-5-7;1-6(2)7(3,4)5;1-6(2)5-7(3)4;1-5(2)6-3-4-7-8-6;1-5(2)6-3-8-4-7-6;1-3-2/h3-7,10H,8-9H2,1-2H3;3-7H,1-2H3;5-6H,1-4H3;8-9H,3-7H2,1-2H3;4-7H,1-3H3;8H,3-7H2,1-2H3;7H,3-6H2,1-2H3;2*3-6H,1-2H3;6H,1-5H3;6-7H,5H2,1-4H3;2*3-5H,1-2H3;1-2H3. The molecule has 2 aromatic carbocycles. The molecule has 0 amide bonds. The maximum absolute atomic E-state index is 12.4. The largest absolute Gasteiger partial charge is 0.469 e. The monoisotopic (exact) mass is 1650 g/mol. The Morgan fingerprint density at radius 2 is 1.06 bits per heavy atom. The molecule has 0 bridgehead atoms. The van der Waals surface area contributed by atoms with Gasteiger partial charge < -0.3 is 32.3 Å². The van der Waals surface area contributed by atoms with Crippen LogP contribution >= 0.6 is 22.7 Å². The molecule has 116 heavy (non-hydrogen) atoms. The van der Waals surface area contributed by atoms with E-state index in [1.54, 1.807) is 49.4 Å². The van der Waals surface area contributed by atoms with Crippen molar-refractivity contribution in [1.29, 1.82) is 0 Å². The molecular weight excluding hydrogens is 1470 g/mol. The molecule has 1 aliphatic carbocycles. The number of thiophene rings is 1. The zero-order valence-corrected chi connectivity index (χ0v) is 83.1. The summed E-state index contributed by atoms with van der Waals surface area (Å²) in [6.07, 6.45) is 21.1. The number of likely N-dealkylation sites (tertiary alicyclic amines) is 1. The molecular formula is C103H180FN5O5S2. The minimum Gasteiger partial charge on any atom is -0.469 e. The highest BCUT2D eigenvalue weighted by Crippen LogP contribution is 2.30. The number of hydrogen-bond acceptors (Lipinski definition) is 11. The van der Waals surface area contributed by atoms with Gasteiger partial charge in [0.25, 0.3) is 0 Å². The van der Waals surface area contributed by atoms with Crippen molar-refractivity contribution in [2.45, 2.75) is 353 Å². The third-order valence-electron chi connectivity index (χ3n) is 20.2. The van der Waals surface area contributed by atoms with Crippen LogP contribution in [0, 0.1) is 60.6 Å². The van der Waals surface area contributed by atoms with Gasteiger partial charge in [0.1, 0.15) is 28.9 Å². The van der Waals surface area contributed by atoms with Crippen LogP contribution in [0.3, 0.4) is 0 Å². The molecule has 0 N–H and O–H groups in total. The lowest BCUT2D eigenvalue weighted by Gasteiger charge is -2.29. The summed E-state index contributed by atoms with van der Waals surface area (Å²) in [5, 5.41) is 9.98. The summed E-state index contributed by atoms with van der Waals surface area (Å²) >= 11 is 3.42. The summed E-state index contributed by atoms with van der Waals surface area (Å²) in [6, 6.07) is 33.1. The van der Waals surface area contributed by atoms with Crippen LogP contribution in [0.25, 0.3) is 0 Å². The molecule has 8 aromatic rings. The average molecular weight is 1650 g/mol. The van der Waals surface area contributed by atoms with E-state index in [0.717, 1.165) is 90.9 Å². The van der Waals surface area contributed by atoms with Gasteiger partial charge in [0.05, 0.1) is 36.9 Å². The number of ether oxygens (including phenoxy) is 2. The van der Waals surface area contributed by atoms with Crippen molar-refractivity contribution in [3.63, 3.8) is 0 Å². The molecule has 13 heteroatoms. The summed E-state index contributed by atoms with van der Waals surface area (Å²) in [7, 11) is 5.33. The molecule has 0 spiro atoms. The normalized spacial score (nSPS) is 13.5. The SMILES string of the molecule is CC(C)C(C)(C)C.CC(C)C1CCCCC1.CC(C)CC(C)C.CC(C)CCc1ccccc1.CC(C)N1CCCCC1.CC(C)N1CCOCC1.CC(C)c1ccc(F)cc1.CC(C)c1cccn1C.CC(C)c1ccco1.CC(C)c1ccno1.CC(C)c1ccsc1.CC(C)c1cscn1.COC.Cc1cc(C(C)C)c(C)o1. The number of thiazole rings is 1. The van der Waals surface area contributed by atoms with Crippen LogP contribution in [0.2, 0.25) is 0 Å². The highest BCUT2D eigenvalue weighted by molar-refractivity contribution is 7.08. The highest BCUT2D eigenvalue weighted by Gasteiger charge is 2.17. The highest BCUT2D eigenvalue weighted by atomic mass is 32.1. The van der Waals surface area contributed by atoms with Crippen molar-refractivity contribution in [2.75, 3.05) is 53.6 Å². The van der Waals surface area contributed by atoms with Gasteiger partial charge in [-0.15, -0.1) is 11.3 Å². The van der Waals surface area contributed by atoms with E-state index in [1.165, 1.54) is 129 Å². The summed E-state index contributed by atoms with van der Waals surface area (Å²) in [5.41, 5.74) is 10.4. The molecule has 10 nitrogen and oxygen atoms in total. The van der Waals surface area contributed by atoms with Crippen LogP contribution in [0.5, 0.6) is 0 Å². The van der Waals surface area contributed by atoms with Crippen molar-refractivity contribution < 1.29 is 27.2 Å². The fraction of sp³-hybridized carbons (Fsp3) is 0.670. The van der Waals surface area contributed by atoms with E-state index in [1.807, 2.05) is 49.7 Å². The quantitative estimate of drug-likeness (QED) is 0.0994. The second-order valence-corrected chi connectivity index (χ2v) is 38.4. The Balaban J connectivity index is -0.00000119. The summed E-state index contributed by atoms with van der Waals surface area (Å²) in [4.78, 5) is 9.13. The smallest absolute Gasteiger partial charge is 0.139 e. The van der Waals surface area contributed by atoms with Crippen LogP contribution < -0.4 is 0 Å². The van der Waals surface area contributed by atoms with Crippen molar-refractivity contribution in [3.05, 3.63) is 200 Å². The van der Waals surface area contributed by atoms with Gasteiger partial charge in [0.15, 0.2) is 0 Å². The summed E-state index contributed by atoms with van der Waals surface area (Å²) in [5.74, 6) is 13.2. The topological polar surface area (TPSA) is 95.1 Å². The van der Waals surface area contributed by atoms with Crippen molar-refractivity contribution >= 4 is 22.7 Å². The van der Waals surface area contributed by atoms with Crippen molar-refractivity contribution in [3.8, 4) is 0 Å². The number of benzene rings is 2. The molecule has 0 radical (unpaired) electrons. The lowest BCUT2D eigenvalue weighted by Crippen LogP contribution is -2.40. The Morgan fingerprint density at radius 1 is 0.534 bits per heavy atom. The van der Waals surface area contributed by atoms with Gasteiger partial charge in [-0.1, -0.05) is 273 Å². The van der Waals surface area contributed by atoms with E-state index >= 15 is 0 Å². The van der Waals surface area contributed by atoms with Crippen LogP contribution in [-0.2, 0) is 22.9 Å². The molecule has 8 heterocycles. The maximum atomic E-state index is 12.4. The third-order valence-corrected chi connectivity index (χ3v) is 21.5. The van der Waals surface area contributed by atoms with Crippen LogP contribution in [-0.4, -0.2) is 90.2 Å². The number of rotatable bonds is 15. The second-order valence-electron chi connectivity index (χ2n) is 36.9. The molecule has 2 saturated heterocycles. The maximum Gasteiger partial charge on any atom is 0.139 e. The van der Waals surface area contributed by atoms with Gasteiger partial charge >= 0.3 is 0 Å². The predicted molar refractivity (Wildman–Crippen MR) is 511 cm³/mol. The van der Waals surface area contributed by atoms with E-state index in [0.29, 0.717) is 52.9 Å². The van der Waals surface area contributed by atoms with E-state index in [4.69, 9.17) is 18.1 Å². The molecule has 2 aliphatic heterocycles. The Morgan fingerprint density at radius 3 is 1.33 bits per heavy atom. The number of furan rings is 2. The molecule has 0 atom stereocenters. The van der Waals surface area contributed by atoms with E-state index < -0.39 is 0 Å². The summed E-state index contributed by atoms with van der Waals surface area (Å²) < 4.78 is 39.3. The van der Waals surface area contributed by atoms with Crippen LogP contribution in [0.15, 0.2) is 151 Å². The molecule has 11 rings (SSSR count). The molecule has 666 valence electrons. The van der Waals surface area contributed by atoms with E-state index in [-0.39, 0.29) is 5.82 Å². The van der Waals surface area contributed by atoms with Crippen molar-refractivity contribution in [1.82, 2.24) is 24.5 Å². The van der Waals surface area contributed by atoms with Gasteiger partial charge in [-0.05, 0) is 239 Å². The number of aromatic nitrogens is 3. The van der Waals surface area contributed by atoms with Crippen LogP contribution in [0.4, 0.5) is 4.39 Å². The first-order chi connectivity index (χ1) is 54.4. The number of piperidine rings is 1. The van der Waals surface area contributed by atoms with E-state index in [2.05, 4.69) is 328 Å². The first-order valence-electron chi connectivity index (χ1n) is 44.7. The lowest BCUT2D eigenvalue weighted by molar-refractivity contribution is 0.0238. The Bertz CT molecular complexity index is 3090. The molecule has 6 aromatic heterocycles. The lowest BCUT2D eigenvalue weighted by atomic mass is 9.82. The summed E-state index contributed by atoms with van der Waals surface area (Å²) in [6.45, 7) is 79.3. The number of aryl methyl sites for hydroxylation is 4. The minimum atomic E-state index is -0.163. The van der Waals surface area contributed by atoms with Gasteiger partial charge in [-0.3, -0.25) is 4.90 Å². The molecule has 3 aliphatic rings. The average Bonchev–Trinajstić information content (AvgIpc) is 1.75. The molecule has 1 saturated carbocycles. The van der Waals surface area contributed by atoms with Crippen molar-refractivity contribution in [2.24, 2.45) is 48.0 Å². The van der Waals surface area contributed by atoms with Gasteiger partial charge in [0.2, 0.25) is 0 Å². The number of nitrogens with zero attached hydrogens (tertiary/aromatic N) is 5. The number of morpholine rings is 1. The van der Waals surface area contributed by atoms with Gasteiger partial charge in [0, 0.05) is 81.6 Å². The Hall–Kier alpha value is -5.41. The van der Waals surface area contributed by atoms with Gasteiger partial charge in [-0.2, -0.15) is 11.3 Å². The number of hydrogen-bond donors (Lipinski definition) is 0. The fourth-order valence-electron chi connectivity index (χ4n) is 11.8. The van der Waals surface area contributed by atoms with E-state index in [9.17, 15) is 4.39 Å². The second kappa shape index (κ2) is 69.3. The fourth-order valence-corrected chi connectivity index (χ4v) is 13.3. The zero-order chi connectivity index (χ0) is 88.9. The van der Waals surface area contributed by atoms with Gasteiger partial charge in [-0.25, -0.2) is 9.37 Å². The number of methoxy groups -OCH3 is 1. The first-order valence-corrected chi connectivity index (χ1v) is 46.6. The third kappa shape index (κ3) is 62.7. The molecule has 0 unspecified atom stereocenters.